The zero-order valence-corrected chi connectivity index (χ0v) is 14.4. The van der Waals surface area contributed by atoms with Gasteiger partial charge in [-0.25, -0.2) is 0 Å². The summed E-state index contributed by atoms with van der Waals surface area (Å²) in [5.41, 5.74) is 1.69. The van der Waals surface area contributed by atoms with E-state index < -0.39 is 0 Å². The predicted octanol–water partition coefficient (Wildman–Crippen LogP) is 4.37. The quantitative estimate of drug-likeness (QED) is 0.528. The molecule has 0 aliphatic carbocycles. The molecule has 0 unspecified atom stereocenters. The van der Waals surface area contributed by atoms with Gasteiger partial charge in [-0.1, -0.05) is 30.3 Å². The Hall–Kier alpha value is -2.50. The summed E-state index contributed by atoms with van der Waals surface area (Å²) in [5, 5.41) is 6.77. The Morgan fingerprint density at radius 2 is 1.88 bits per heavy atom. The van der Waals surface area contributed by atoms with E-state index in [0.717, 1.165) is 10.4 Å². The van der Waals surface area contributed by atoms with Crippen LogP contribution in [0, 0.1) is 0 Å². The standard InChI is InChI=1S/C19H15NO2S2/c21-18(9-6-14-10-11-23-13-14)20-12-16-7-8-17(24-16)19(22)15-4-2-1-3-5-15/h1-11,13H,12H2,(H,20,21)/b9-6+. The minimum atomic E-state index is -0.148. The molecule has 0 saturated carbocycles. The van der Waals surface area contributed by atoms with Gasteiger partial charge >= 0.3 is 0 Å². The Balaban J connectivity index is 1.56. The van der Waals surface area contributed by atoms with Gasteiger partial charge in [-0.3, -0.25) is 9.59 Å². The molecular weight excluding hydrogens is 338 g/mol. The summed E-state index contributed by atoms with van der Waals surface area (Å²) in [5.74, 6) is -0.138. The van der Waals surface area contributed by atoms with E-state index in [-0.39, 0.29) is 11.7 Å². The molecule has 2 heterocycles. The van der Waals surface area contributed by atoms with Crippen molar-refractivity contribution in [1.82, 2.24) is 5.32 Å². The third-order valence-electron chi connectivity index (χ3n) is 3.33. The van der Waals surface area contributed by atoms with Crippen LogP contribution >= 0.6 is 22.7 Å². The molecule has 0 bridgehead atoms. The first-order valence-corrected chi connectivity index (χ1v) is 9.15. The molecule has 0 aliphatic heterocycles. The molecule has 0 atom stereocenters. The van der Waals surface area contributed by atoms with Crippen LogP contribution in [0.2, 0.25) is 0 Å². The lowest BCUT2D eigenvalue weighted by Crippen LogP contribution is -2.19. The first-order valence-electron chi connectivity index (χ1n) is 7.39. The van der Waals surface area contributed by atoms with Crippen molar-refractivity contribution in [3.63, 3.8) is 0 Å². The van der Waals surface area contributed by atoms with E-state index >= 15 is 0 Å². The number of nitrogens with one attached hydrogen (secondary N) is 1. The second-order valence-electron chi connectivity index (χ2n) is 5.07. The van der Waals surface area contributed by atoms with Crippen molar-refractivity contribution < 1.29 is 9.59 Å². The van der Waals surface area contributed by atoms with E-state index in [4.69, 9.17) is 0 Å². The van der Waals surface area contributed by atoms with Crippen molar-refractivity contribution >= 4 is 40.4 Å². The smallest absolute Gasteiger partial charge is 0.244 e. The van der Waals surface area contributed by atoms with Gasteiger partial charge < -0.3 is 5.32 Å². The number of thiophene rings is 2. The van der Waals surface area contributed by atoms with Crippen molar-refractivity contribution in [2.24, 2.45) is 0 Å². The SMILES string of the molecule is O=C(/C=C/c1ccsc1)NCc1ccc(C(=O)c2ccccc2)s1. The van der Waals surface area contributed by atoms with E-state index in [9.17, 15) is 9.59 Å². The number of amides is 1. The molecule has 120 valence electrons. The zero-order valence-electron chi connectivity index (χ0n) is 12.8. The van der Waals surface area contributed by atoms with Crippen LogP contribution in [-0.4, -0.2) is 11.7 Å². The molecule has 3 aromatic rings. The highest BCUT2D eigenvalue weighted by Crippen LogP contribution is 2.20. The summed E-state index contributed by atoms with van der Waals surface area (Å²) in [6, 6.07) is 14.8. The van der Waals surface area contributed by atoms with Gasteiger partial charge in [-0.05, 0) is 40.6 Å². The first kappa shape index (κ1) is 16.4. The molecule has 0 fully saturated rings. The highest BCUT2D eigenvalue weighted by molar-refractivity contribution is 7.14. The molecule has 3 nitrogen and oxygen atoms in total. The fourth-order valence-electron chi connectivity index (χ4n) is 2.10. The molecule has 3 rings (SSSR count). The third-order valence-corrected chi connectivity index (χ3v) is 5.11. The minimum Gasteiger partial charge on any atom is -0.348 e. The Morgan fingerprint density at radius 3 is 2.62 bits per heavy atom. The molecule has 24 heavy (non-hydrogen) atoms. The van der Waals surface area contributed by atoms with Crippen molar-refractivity contribution in [1.29, 1.82) is 0 Å². The summed E-state index contributed by atoms with van der Waals surface area (Å²) in [7, 11) is 0. The van der Waals surface area contributed by atoms with Gasteiger partial charge in [-0.2, -0.15) is 11.3 Å². The maximum atomic E-state index is 12.3. The van der Waals surface area contributed by atoms with Crippen LogP contribution in [0.5, 0.6) is 0 Å². The monoisotopic (exact) mass is 353 g/mol. The largest absolute Gasteiger partial charge is 0.348 e. The Bertz CT molecular complexity index is 849. The summed E-state index contributed by atoms with van der Waals surface area (Å²) >= 11 is 3.00. The van der Waals surface area contributed by atoms with Crippen LogP contribution in [0.1, 0.15) is 25.7 Å². The van der Waals surface area contributed by atoms with Crippen molar-refractivity contribution in [3.05, 3.63) is 86.2 Å². The lowest BCUT2D eigenvalue weighted by Gasteiger charge is -1.99. The van der Waals surface area contributed by atoms with Crippen molar-refractivity contribution in [2.75, 3.05) is 0 Å². The number of carbonyl (C=O) groups excluding carboxylic acids is 2. The Kier molecular flexibility index (Phi) is 5.36. The predicted molar refractivity (Wildman–Crippen MR) is 99.4 cm³/mol. The van der Waals surface area contributed by atoms with Gasteiger partial charge in [0.15, 0.2) is 0 Å². The summed E-state index contributed by atoms with van der Waals surface area (Å²) < 4.78 is 0. The maximum Gasteiger partial charge on any atom is 0.244 e. The van der Waals surface area contributed by atoms with Crippen LogP contribution < -0.4 is 5.32 Å². The van der Waals surface area contributed by atoms with Gasteiger partial charge in [0.25, 0.3) is 0 Å². The molecule has 1 N–H and O–H groups in total. The van der Waals surface area contributed by atoms with Crippen LogP contribution in [0.25, 0.3) is 6.08 Å². The molecule has 1 amide bonds. The van der Waals surface area contributed by atoms with E-state index in [1.807, 2.05) is 47.2 Å². The summed E-state index contributed by atoms with van der Waals surface area (Å²) in [4.78, 5) is 25.8. The number of benzene rings is 1. The van der Waals surface area contributed by atoms with E-state index in [1.54, 1.807) is 29.5 Å². The van der Waals surface area contributed by atoms with E-state index in [2.05, 4.69) is 5.32 Å². The van der Waals surface area contributed by atoms with Crippen LogP contribution in [0.15, 0.2) is 65.4 Å². The topological polar surface area (TPSA) is 46.2 Å². The average Bonchev–Trinajstić information content (AvgIpc) is 3.30. The number of rotatable bonds is 6. The maximum absolute atomic E-state index is 12.3. The molecule has 2 aromatic heterocycles. The lowest BCUT2D eigenvalue weighted by molar-refractivity contribution is -0.116. The number of hydrogen-bond donors (Lipinski definition) is 1. The van der Waals surface area contributed by atoms with E-state index in [1.165, 1.54) is 17.4 Å². The van der Waals surface area contributed by atoms with Crippen LogP contribution in [-0.2, 0) is 11.3 Å². The van der Waals surface area contributed by atoms with E-state index in [0.29, 0.717) is 17.0 Å². The van der Waals surface area contributed by atoms with Crippen molar-refractivity contribution in [2.45, 2.75) is 6.54 Å². The summed E-state index contributed by atoms with van der Waals surface area (Å²) in [6.07, 6.45) is 3.30. The highest BCUT2D eigenvalue weighted by atomic mass is 32.1. The fraction of sp³-hybridized carbons (Fsp3) is 0.0526. The molecule has 0 aliphatic rings. The van der Waals surface area contributed by atoms with Crippen LogP contribution in [0.4, 0.5) is 0 Å². The Morgan fingerprint density at radius 1 is 1.04 bits per heavy atom. The molecule has 0 saturated heterocycles. The molecule has 5 heteroatoms. The Labute approximate surface area is 148 Å². The number of hydrogen-bond acceptors (Lipinski definition) is 4. The second-order valence-corrected chi connectivity index (χ2v) is 7.02. The third kappa shape index (κ3) is 4.28. The van der Waals surface area contributed by atoms with Gasteiger partial charge in [0.2, 0.25) is 11.7 Å². The van der Waals surface area contributed by atoms with Gasteiger partial charge in [0, 0.05) is 16.5 Å². The fourth-order valence-corrected chi connectivity index (χ4v) is 3.64. The minimum absolute atomic E-state index is 0.00975. The lowest BCUT2D eigenvalue weighted by atomic mass is 10.1. The molecular formula is C19H15NO2S2. The highest BCUT2D eigenvalue weighted by Gasteiger charge is 2.11. The van der Waals surface area contributed by atoms with Gasteiger partial charge in [0.05, 0.1) is 11.4 Å². The number of ketones is 1. The normalized spacial score (nSPS) is 10.8. The van der Waals surface area contributed by atoms with Crippen molar-refractivity contribution in [3.8, 4) is 0 Å². The van der Waals surface area contributed by atoms with Crippen LogP contribution in [0.3, 0.4) is 0 Å². The first-order chi connectivity index (χ1) is 11.7. The zero-order chi connectivity index (χ0) is 16.8. The average molecular weight is 353 g/mol. The molecule has 1 aromatic carbocycles. The number of carbonyl (C=O) groups is 2. The summed E-state index contributed by atoms with van der Waals surface area (Å²) in [6.45, 7) is 0.416. The molecule has 0 spiro atoms. The van der Waals surface area contributed by atoms with Gasteiger partial charge in [0.1, 0.15) is 0 Å². The second kappa shape index (κ2) is 7.86. The molecule has 0 radical (unpaired) electrons. The van der Waals surface area contributed by atoms with Gasteiger partial charge in [-0.15, -0.1) is 11.3 Å².